The monoisotopic (exact) mass is 665 g/mol. The van der Waals surface area contributed by atoms with Crippen molar-refractivity contribution < 1.29 is 18.0 Å². The van der Waals surface area contributed by atoms with Gasteiger partial charge in [0.1, 0.15) is 12.6 Å². The van der Waals surface area contributed by atoms with Crippen molar-refractivity contribution in [3.63, 3.8) is 0 Å². The van der Waals surface area contributed by atoms with Gasteiger partial charge in [-0.1, -0.05) is 109 Å². The molecule has 0 fully saturated rings. The van der Waals surface area contributed by atoms with Crippen LogP contribution in [-0.2, 0) is 32.6 Å². The second-order valence-electron chi connectivity index (χ2n) is 10.7. The van der Waals surface area contributed by atoms with E-state index in [1.54, 1.807) is 60.7 Å². The Kier molecular flexibility index (Phi) is 12.0. The molecule has 0 heterocycles. The molecule has 4 rings (SSSR count). The molecule has 0 saturated heterocycles. The fourth-order valence-corrected chi connectivity index (χ4v) is 6.81. The zero-order valence-corrected chi connectivity index (χ0v) is 27.7. The van der Waals surface area contributed by atoms with Crippen LogP contribution in [0.4, 0.5) is 5.69 Å². The van der Waals surface area contributed by atoms with Gasteiger partial charge in [-0.05, 0) is 55.3 Å². The highest BCUT2D eigenvalue weighted by Crippen LogP contribution is 2.29. The van der Waals surface area contributed by atoms with Gasteiger partial charge in [-0.25, -0.2) is 8.42 Å². The minimum atomic E-state index is -4.18. The Labute approximate surface area is 275 Å². The zero-order chi connectivity index (χ0) is 32.4. The van der Waals surface area contributed by atoms with Gasteiger partial charge in [0.2, 0.25) is 11.8 Å². The number of carbonyl (C=O) groups excluding carboxylic acids is 2. The lowest BCUT2D eigenvalue weighted by Crippen LogP contribution is -2.53. The molecule has 0 bridgehead atoms. The van der Waals surface area contributed by atoms with E-state index < -0.39 is 28.5 Å². The average molecular weight is 667 g/mol. The van der Waals surface area contributed by atoms with Crippen molar-refractivity contribution in [2.24, 2.45) is 0 Å². The minimum absolute atomic E-state index is 0.0450. The first-order chi connectivity index (χ1) is 21.6. The third kappa shape index (κ3) is 8.87. The second kappa shape index (κ2) is 15.9. The number of benzene rings is 4. The van der Waals surface area contributed by atoms with Crippen molar-refractivity contribution in [2.75, 3.05) is 17.4 Å². The summed E-state index contributed by atoms with van der Waals surface area (Å²) in [4.78, 5) is 29.8. The molecule has 10 heteroatoms. The van der Waals surface area contributed by atoms with Gasteiger partial charge >= 0.3 is 0 Å². The molecule has 0 spiro atoms. The number of hydrogen-bond donors (Lipinski definition) is 1. The predicted octanol–water partition coefficient (Wildman–Crippen LogP) is 7.05. The molecular formula is C35H37Cl2N3O4S. The molecule has 0 aromatic heterocycles. The number of rotatable bonds is 14. The number of hydrogen-bond acceptors (Lipinski definition) is 4. The van der Waals surface area contributed by atoms with Crippen molar-refractivity contribution in [1.29, 1.82) is 0 Å². The van der Waals surface area contributed by atoms with Gasteiger partial charge in [-0.3, -0.25) is 13.9 Å². The van der Waals surface area contributed by atoms with Gasteiger partial charge in [0.05, 0.1) is 10.6 Å². The summed E-state index contributed by atoms with van der Waals surface area (Å²) in [7, 11) is -4.18. The number of sulfonamides is 1. The van der Waals surface area contributed by atoms with Crippen LogP contribution in [0, 0.1) is 6.92 Å². The highest BCUT2D eigenvalue weighted by atomic mass is 35.5. The number of anilines is 1. The molecule has 2 amide bonds. The zero-order valence-electron chi connectivity index (χ0n) is 25.3. The highest BCUT2D eigenvalue weighted by Gasteiger charge is 2.35. The number of carbonyl (C=O) groups is 2. The molecule has 45 heavy (non-hydrogen) atoms. The van der Waals surface area contributed by atoms with Gasteiger partial charge in [-0.2, -0.15) is 0 Å². The molecule has 0 radical (unpaired) electrons. The lowest BCUT2D eigenvalue weighted by molar-refractivity contribution is -0.140. The summed E-state index contributed by atoms with van der Waals surface area (Å²) in [6, 6.07) is 28.3. The van der Waals surface area contributed by atoms with Gasteiger partial charge in [-0.15, -0.1) is 0 Å². The lowest BCUT2D eigenvalue weighted by atomic mass is 10.0. The molecule has 0 unspecified atom stereocenters. The summed E-state index contributed by atoms with van der Waals surface area (Å²) in [6.07, 6.45) is 1.84. The molecule has 0 aliphatic carbocycles. The van der Waals surface area contributed by atoms with E-state index in [0.29, 0.717) is 27.8 Å². The van der Waals surface area contributed by atoms with E-state index in [1.165, 1.54) is 17.0 Å². The van der Waals surface area contributed by atoms with E-state index in [-0.39, 0.29) is 23.8 Å². The van der Waals surface area contributed by atoms with Crippen molar-refractivity contribution in [2.45, 2.75) is 50.6 Å². The first-order valence-corrected chi connectivity index (χ1v) is 17.0. The Hall–Kier alpha value is -3.85. The smallest absolute Gasteiger partial charge is 0.264 e. The van der Waals surface area contributed by atoms with Crippen molar-refractivity contribution in [1.82, 2.24) is 10.2 Å². The summed E-state index contributed by atoms with van der Waals surface area (Å²) in [6.45, 7) is 3.66. The number of para-hydroxylation sites is 1. The van der Waals surface area contributed by atoms with Crippen LogP contribution in [0.1, 0.15) is 36.5 Å². The first-order valence-electron chi connectivity index (χ1n) is 14.8. The molecule has 0 aliphatic rings. The molecule has 1 atom stereocenters. The molecular weight excluding hydrogens is 629 g/mol. The molecule has 0 aliphatic heterocycles. The number of aryl methyl sites for hydroxylation is 1. The number of unbranched alkanes of at least 4 members (excludes halogenated alkanes) is 1. The highest BCUT2D eigenvalue weighted by molar-refractivity contribution is 7.92. The molecule has 4 aromatic rings. The van der Waals surface area contributed by atoms with Crippen LogP contribution in [0.25, 0.3) is 0 Å². The Bertz CT molecular complexity index is 1670. The quantitative estimate of drug-likeness (QED) is 0.146. The summed E-state index contributed by atoms with van der Waals surface area (Å²) in [5, 5.41) is 3.63. The van der Waals surface area contributed by atoms with E-state index in [4.69, 9.17) is 23.2 Å². The normalized spacial score (nSPS) is 11.9. The summed E-state index contributed by atoms with van der Waals surface area (Å²) < 4.78 is 29.2. The van der Waals surface area contributed by atoms with Crippen LogP contribution < -0.4 is 9.62 Å². The van der Waals surface area contributed by atoms with Crippen LogP contribution in [0.3, 0.4) is 0 Å². The SMILES string of the molecule is CCCCNC(=O)[C@H](Cc1ccccc1)N(Cc1c(Cl)cccc1Cl)C(=O)CN(c1ccccc1)S(=O)(=O)c1ccc(C)cc1. The maximum atomic E-state index is 14.5. The van der Waals surface area contributed by atoms with Crippen LogP contribution in [-0.4, -0.2) is 44.3 Å². The topological polar surface area (TPSA) is 86.8 Å². The number of nitrogens with zero attached hydrogens (tertiary/aromatic N) is 2. The van der Waals surface area contributed by atoms with E-state index in [2.05, 4.69) is 5.32 Å². The third-order valence-electron chi connectivity index (χ3n) is 7.42. The number of nitrogens with one attached hydrogen (secondary N) is 1. The van der Waals surface area contributed by atoms with Crippen molar-refractivity contribution in [3.8, 4) is 0 Å². The second-order valence-corrected chi connectivity index (χ2v) is 13.4. The van der Waals surface area contributed by atoms with Gasteiger partial charge in [0, 0.05) is 35.1 Å². The lowest BCUT2D eigenvalue weighted by Gasteiger charge is -2.34. The minimum Gasteiger partial charge on any atom is -0.354 e. The van der Waals surface area contributed by atoms with E-state index in [1.807, 2.05) is 44.2 Å². The van der Waals surface area contributed by atoms with Crippen LogP contribution in [0.2, 0.25) is 10.0 Å². The van der Waals surface area contributed by atoms with Crippen LogP contribution in [0.15, 0.2) is 108 Å². The van der Waals surface area contributed by atoms with E-state index in [0.717, 1.165) is 28.3 Å². The molecule has 0 saturated carbocycles. The predicted molar refractivity (Wildman–Crippen MR) is 181 cm³/mol. The summed E-state index contributed by atoms with van der Waals surface area (Å²) in [5.41, 5.74) is 2.51. The first kappa shape index (κ1) is 34.0. The Morgan fingerprint density at radius 3 is 2.02 bits per heavy atom. The maximum Gasteiger partial charge on any atom is 0.264 e. The van der Waals surface area contributed by atoms with E-state index in [9.17, 15) is 18.0 Å². The van der Waals surface area contributed by atoms with Crippen molar-refractivity contribution in [3.05, 3.63) is 130 Å². The largest absolute Gasteiger partial charge is 0.354 e. The fraction of sp³-hybridized carbons (Fsp3) is 0.257. The standard InChI is InChI=1S/C35H37Cl2N3O4S/c1-3-4-22-38-35(42)33(23-27-12-7-5-8-13-27)39(24-30-31(36)16-11-17-32(30)37)34(41)25-40(28-14-9-6-10-15-28)45(43,44)29-20-18-26(2)19-21-29/h5-21,33H,3-4,22-25H2,1-2H3,(H,38,42)/t33-/m0/s1. The van der Waals surface area contributed by atoms with Gasteiger partial charge < -0.3 is 10.2 Å². The summed E-state index contributed by atoms with van der Waals surface area (Å²) >= 11 is 13.1. The van der Waals surface area contributed by atoms with Crippen LogP contribution in [0.5, 0.6) is 0 Å². The summed E-state index contributed by atoms with van der Waals surface area (Å²) in [5.74, 6) is -0.936. The third-order valence-corrected chi connectivity index (χ3v) is 9.92. The van der Waals surface area contributed by atoms with Gasteiger partial charge in [0.15, 0.2) is 0 Å². The average Bonchev–Trinajstić information content (AvgIpc) is 3.03. The Morgan fingerprint density at radius 2 is 1.42 bits per heavy atom. The molecule has 4 aromatic carbocycles. The number of amides is 2. The molecule has 1 N–H and O–H groups in total. The molecule has 7 nitrogen and oxygen atoms in total. The fourth-order valence-electron chi connectivity index (χ4n) is 4.87. The molecule has 236 valence electrons. The van der Waals surface area contributed by atoms with Crippen LogP contribution >= 0.6 is 23.2 Å². The van der Waals surface area contributed by atoms with Gasteiger partial charge in [0.25, 0.3) is 10.0 Å². The Morgan fingerprint density at radius 1 is 0.822 bits per heavy atom. The number of halogens is 2. The van der Waals surface area contributed by atoms with E-state index >= 15 is 0 Å². The maximum absolute atomic E-state index is 14.5. The van der Waals surface area contributed by atoms with Crippen molar-refractivity contribution >= 4 is 50.7 Å². The Balaban J connectivity index is 1.80.